The number of hydrogen-bond donors (Lipinski definition) is 0. The molecule has 1 aliphatic rings. The van der Waals surface area contributed by atoms with Gasteiger partial charge in [0.05, 0.1) is 12.3 Å². The van der Waals surface area contributed by atoms with E-state index in [9.17, 15) is 26.7 Å². The quantitative estimate of drug-likeness (QED) is 0.324. The molecule has 0 N–H and O–H groups in total. The summed E-state index contributed by atoms with van der Waals surface area (Å²) < 4.78 is 73.2. The van der Waals surface area contributed by atoms with Gasteiger partial charge in [-0.05, 0) is 50.5 Å². The van der Waals surface area contributed by atoms with E-state index in [1.165, 1.54) is 19.1 Å². The van der Waals surface area contributed by atoms with Gasteiger partial charge in [0.2, 0.25) is 5.95 Å². The molecule has 1 fully saturated rings. The van der Waals surface area contributed by atoms with Crippen LogP contribution in [0.4, 0.5) is 33.7 Å². The molecule has 2 aromatic heterocycles. The van der Waals surface area contributed by atoms with Crippen molar-refractivity contribution in [1.82, 2.24) is 20.2 Å². The summed E-state index contributed by atoms with van der Waals surface area (Å²) in [5.41, 5.74) is 0.426. The molecule has 0 spiro atoms. The number of carbonyl (C=O) groups is 1. The number of nitrogens with zero attached hydrogens (tertiary/aromatic N) is 6. The summed E-state index contributed by atoms with van der Waals surface area (Å²) >= 11 is 0. The normalized spacial score (nSPS) is 16.0. The predicted octanol–water partition coefficient (Wildman–Crippen LogP) is 4.66. The Labute approximate surface area is 221 Å². The van der Waals surface area contributed by atoms with Gasteiger partial charge in [-0.2, -0.15) is 18.3 Å². The Morgan fingerprint density at radius 2 is 1.87 bits per heavy atom. The van der Waals surface area contributed by atoms with Crippen LogP contribution < -0.4 is 9.80 Å². The van der Waals surface area contributed by atoms with E-state index in [-0.39, 0.29) is 25.0 Å². The molecular formula is C26H27F5N6O2. The zero-order valence-corrected chi connectivity index (χ0v) is 21.8. The molecule has 0 amide bonds. The minimum Gasteiger partial charge on any atom is -0.462 e. The monoisotopic (exact) mass is 550 g/mol. The molecule has 1 aromatic carbocycles. The molecule has 0 radical (unpaired) electrons. The van der Waals surface area contributed by atoms with E-state index < -0.39 is 35.0 Å². The Balaban J connectivity index is 1.53. The maximum atomic E-state index is 14.1. The van der Waals surface area contributed by atoms with E-state index in [1.54, 1.807) is 4.90 Å². The first-order valence-electron chi connectivity index (χ1n) is 12.3. The maximum absolute atomic E-state index is 14.1. The van der Waals surface area contributed by atoms with Crippen LogP contribution in [0.1, 0.15) is 52.3 Å². The molecular weight excluding hydrogens is 523 g/mol. The summed E-state index contributed by atoms with van der Waals surface area (Å²) in [5, 5.41) is 8.66. The van der Waals surface area contributed by atoms with Crippen LogP contribution >= 0.6 is 0 Å². The molecule has 3 aromatic rings. The van der Waals surface area contributed by atoms with Crippen molar-refractivity contribution >= 4 is 17.7 Å². The minimum atomic E-state index is -4.87. The number of ether oxygens (including phenoxy) is 1. The van der Waals surface area contributed by atoms with Crippen LogP contribution in [-0.2, 0) is 17.3 Å². The first-order chi connectivity index (χ1) is 18.4. The van der Waals surface area contributed by atoms with Crippen LogP contribution in [0.5, 0.6) is 0 Å². The van der Waals surface area contributed by atoms with Gasteiger partial charge in [-0.3, -0.25) is 0 Å². The lowest BCUT2D eigenvalue weighted by atomic mass is 10.0. The van der Waals surface area contributed by atoms with Crippen LogP contribution in [-0.4, -0.2) is 58.4 Å². The van der Waals surface area contributed by atoms with Crippen LogP contribution in [0.2, 0.25) is 0 Å². The fourth-order valence-electron chi connectivity index (χ4n) is 4.49. The summed E-state index contributed by atoms with van der Waals surface area (Å²) in [4.78, 5) is 23.4. The van der Waals surface area contributed by atoms with Gasteiger partial charge < -0.3 is 14.5 Å². The second-order valence-corrected chi connectivity index (χ2v) is 9.27. The summed E-state index contributed by atoms with van der Waals surface area (Å²) in [6, 6.07) is 3.09. The van der Waals surface area contributed by atoms with Gasteiger partial charge in [0.15, 0.2) is 11.5 Å². The highest BCUT2D eigenvalue weighted by atomic mass is 19.4. The van der Waals surface area contributed by atoms with Crippen molar-refractivity contribution in [2.45, 2.75) is 46.3 Å². The van der Waals surface area contributed by atoms with Gasteiger partial charge in [-0.25, -0.2) is 23.5 Å². The molecule has 3 heterocycles. The first-order valence-corrected chi connectivity index (χ1v) is 12.3. The van der Waals surface area contributed by atoms with Crippen LogP contribution in [0.3, 0.4) is 0 Å². The number of benzene rings is 1. The summed E-state index contributed by atoms with van der Waals surface area (Å²) in [7, 11) is 0. The molecule has 1 saturated heterocycles. The SMILES string of the molecule is CCOC(=O)c1cnc(N2CCN(c3nnc(Cc4ccc(F)cc4F)c(C)c3C)CC2C)nc1C(F)(F)F. The van der Waals surface area contributed by atoms with Crippen molar-refractivity contribution in [2.75, 3.05) is 36.0 Å². The maximum Gasteiger partial charge on any atom is 0.434 e. The van der Waals surface area contributed by atoms with Gasteiger partial charge in [0.25, 0.3) is 0 Å². The Kier molecular flexibility index (Phi) is 7.98. The summed E-state index contributed by atoms with van der Waals surface area (Å²) in [5.74, 6) is -1.98. The third-order valence-corrected chi connectivity index (χ3v) is 6.69. The number of halogens is 5. The fourth-order valence-corrected chi connectivity index (χ4v) is 4.49. The largest absolute Gasteiger partial charge is 0.462 e. The smallest absolute Gasteiger partial charge is 0.434 e. The fraction of sp³-hybridized carbons (Fsp3) is 0.423. The highest BCUT2D eigenvalue weighted by Gasteiger charge is 2.40. The molecule has 39 heavy (non-hydrogen) atoms. The molecule has 1 unspecified atom stereocenters. The Bertz CT molecular complexity index is 1380. The lowest BCUT2D eigenvalue weighted by Crippen LogP contribution is -2.53. The predicted molar refractivity (Wildman–Crippen MR) is 133 cm³/mol. The summed E-state index contributed by atoms with van der Waals surface area (Å²) in [6.07, 6.45) is -3.87. The van der Waals surface area contributed by atoms with E-state index in [0.717, 1.165) is 23.4 Å². The van der Waals surface area contributed by atoms with Gasteiger partial charge in [0, 0.05) is 44.4 Å². The molecule has 1 aliphatic heterocycles. The lowest BCUT2D eigenvalue weighted by Gasteiger charge is -2.41. The molecule has 8 nitrogen and oxygen atoms in total. The summed E-state index contributed by atoms with van der Waals surface area (Å²) in [6.45, 7) is 8.04. The standard InChI is InChI=1S/C26H27F5N6O2/c1-5-39-24(38)19-12-32-25(33-22(19)26(29,30)31)37-9-8-36(13-14(37)2)23-16(4)15(3)21(34-35-23)10-17-6-7-18(27)11-20(17)28/h6-7,11-12,14H,5,8-10,13H2,1-4H3. The Hall–Kier alpha value is -3.90. The third-order valence-electron chi connectivity index (χ3n) is 6.69. The average Bonchev–Trinajstić information content (AvgIpc) is 2.87. The topological polar surface area (TPSA) is 84.3 Å². The van der Waals surface area contributed by atoms with Crippen molar-refractivity contribution < 1.29 is 31.5 Å². The number of alkyl halides is 3. The second-order valence-electron chi connectivity index (χ2n) is 9.27. The van der Waals surface area contributed by atoms with Crippen LogP contribution in [0.15, 0.2) is 24.4 Å². The lowest BCUT2D eigenvalue weighted by molar-refractivity contribution is -0.141. The second kappa shape index (κ2) is 11.1. The average molecular weight is 551 g/mol. The number of rotatable bonds is 6. The van der Waals surface area contributed by atoms with Gasteiger partial charge in [0.1, 0.15) is 17.2 Å². The molecule has 13 heteroatoms. The molecule has 0 aliphatic carbocycles. The highest BCUT2D eigenvalue weighted by molar-refractivity contribution is 5.90. The minimum absolute atomic E-state index is 0.0806. The van der Waals surface area contributed by atoms with Crippen molar-refractivity contribution in [2.24, 2.45) is 0 Å². The Morgan fingerprint density at radius 1 is 1.13 bits per heavy atom. The first kappa shape index (κ1) is 28.1. The number of esters is 1. The van der Waals surface area contributed by atoms with Crippen molar-refractivity contribution in [3.63, 3.8) is 0 Å². The van der Waals surface area contributed by atoms with E-state index in [0.29, 0.717) is 36.7 Å². The van der Waals surface area contributed by atoms with Crippen LogP contribution in [0.25, 0.3) is 0 Å². The number of aromatic nitrogens is 4. The molecule has 0 saturated carbocycles. The highest BCUT2D eigenvalue weighted by Crippen LogP contribution is 2.33. The van der Waals surface area contributed by atoms with E-state index in [4.69, 9.17) is 4.74 Å². The zero-order valence-electron chi connectivity index (χ0n) is 21.8. The Morgan fingerprint density at radius 3 is 2.51 bits per heavy atom. The van der Waals surface area contributed by atoms with E-state index >= 15 is 0 Å². The molecule has 1 atom stereocenters. The van der Waals surface area contributed by atoms with Crippen molar-refractivity contribution in [3.8, 4) is 0 Å². The number of carbonyl (C=O) groups excluding carboxylic acids is 1. The van der Waals surface area contributed by atoms with E-state index in [2.05, 4.69) is 20.2 Å². The van der Waals surface area contributed by atoms with Crippen molar-refractivity contribution in [3.05, 3.63) is 69.7 Å². The van der Waals surface area contributed by atoms with Crippen LogP contribution in [0, 0.1) is 25.5 Å². The zero-order chi connectivity index (χ0) is 28.5. The third kappa shape index (κ3) is 5.91. The van der Waals surface area contributed by atoms with Gasteiger partial charge >= 0.3 is 12.1 Å². The van der Waals surface area contributed by atoms with Gasteiger partial charge in [-0.1, -0.05) is 6.07 Å². The van der Waals surface area contributed by atoms with Gasteiger partial charge in [-0.15, -0.1) is 5.10 Å². The number of anilines is 2. The molecule has 208 valence electrons. The number of piperazine rings is 1. The molecule has 0 bridgehead atoms. The molecule has 4 rings (SSSR count). The number of hydrogen-bond acceptors (Lipinski definition) is 8. The van der Waals surface area contributed by atoms with E-state index in [1.807, 2.05) is 25.7 Å². The van der Waals surface area contributed by atoms with Crippen molar-refractivity contribution in [1.29, 1.82) is 0 Å².